The summed E-state index contributed by atoms with van der Waals surface area (Å²) < 4.78 is 0. The van der Waals surface area contributed by atoms with Crippen molar-refractivity contribution in [2.75, 3.05) is 0 Å². The SMILES string of the molecule is CC/C=C(/C)C(=O)NC(C)C(O)c1ccc(Cl)cc1. The zero-order chi connectivity index (χ0) is 14.4. The summed E-state index contributed by atoms with van der Waals surface area (Å²) in [6.07, 6.45) is 1.92. The highest BCUT2D eigenvalue weighted by molar-refractivity contribution is 6.30. The molecule has 1 amide bonds. The summed E-state index contributed by atoms with van der Waals surface area (Å²) in [5.41, 5.74) is 1.40. The van der Waals surface area contributed by atoms with E-state index < -0.39 is 6.10 Å². The molecular weight excluding hydrogens is 262 g/mol. The molecule has 0 saturated heterocycles. The molecule has 0 saturated carbocycles. The molecule has 0 aliphatic carbocycles. The summed E-state index contributed by atoms with van der Waals surface area (Å²) in [5, 5.41) is 13.6. The van der Waals surface area contributed by atoms with Crippen LogP contribution in [0.3, 0.4) is 0 Å². The number of carbonyl (C=O) groups excluding carboxylic acids is 1. The largest absolute Gasteiger partial charge is 0.386 e. The first-order chi connectivity index (χ1) is 8.95. The number of allylic oxidation sites excluding steroid dienone is 1. The highest BCUT2D eigenvalue weighted by atomic mass is 35.5. The molecule has 0 heterocycles. The molecule has 1 rings (SSSR count). The minimum absolute atomic E-state index is 0.151. The molecule has 0 fully saturated rings. The predicted molar refractivity (Wildman–Crippen MR) is 78.1 cm³/mol. The summed E-state index contributed by atoms with van der Waals surface area (Å²) in [4.78, 5) is 11.8. The molecule has 0 aliphatic rings. The van der Waals surface area contributed by atoms with Gasteiger partial charge in [0.15, 0.2) is 0 Å². The zero-order valence-corrected chi connectivity index (χ0v) is 12.2. The number of benzene rings is 1. The first-order valence-electron chi connectivity index (χ1n) is 6.36. The van der Waals surface area contributed by atoms with Gasteiger partial charge < -0.3 is 10.4 Å². The van der Waals surface area contributed by atoms with Crippen molar-refractivity contribution < 1.29 is 9.90 Å². The summed E-state index contributed by atoms with van der Waals surface area (Å²) in [6, 6.07) is 6.58. The van der Waals surface area contributed by atoms with E-state index in [2.05, 4.69) is 5.32 Å². The van der Waals surface area contributed by atoms with Crippen LogP contribution in [0.2, 0.25) is 5.02 Å². The molecule has 0 aliphatic heterocycles. The second-order valence-electron chi connectivity index (χ2n) is 4.55. The number of amides is 1. The van der Waals surface area contributed by atoms with Crippen molar-refractivity contribution >= 4 is 17.5 Å². The standard InChI is InChI=1S/C15H20ClNO2/c1-4-5-10(2)15(19)17-11(3)14(18)12-6-8-13(16)9-7-12/h5-9,11,14,18H,4H2,1-3H3,(H,17,19)/b10-5-. The maximum absolute atomic E-state index is 11.8. The van der Waals surface area contributed by atoms with Gasteiger partial charge in [-0.1, -0.05) is 36.7 Å². The molecule has 4 heteroatoms. The van der Waals surface area contributed by atoms with Crippen LogP contribution in [0.4, 0.5) is 0 Å². The summed E-state index contributed by atoms with van der Waals surface area (Å²) in [7, 11) is 0. The topological polar surface area (TPSA) is 49.3 Å². The highest BCUT2D eigenvalue weighted by Gasteiger charge is 2.18. The molecule has 104 valence electrons. The van der Waals surface area contributed by atoms with E-state index in [-0.39, 0.29) is 11.9 Å². The minimum Gasteiger partial charge on any atom is -0.386 e. The molecular formula is C15H20ClNO2. The zero-order valence-electron chi connectivity index (χ0n) is 11.5. The Hall–Kier alpha value is -1.32. The van der Waals surface area contributed by atoms with E-state index in [1.54, 1.807) is 38.1 Å². The second-order valence-corrected chi connectivity index (χ2v) is 4.99. The maximum atomic E-state index is 11.8. The van der Waals surface area contributed by atoms with Crippen LogP contribution in [0.1, 0.15) is 38.9 Å². The Morgan fingerprint density at radius 2 is 2.00 bits per heavy atom. The average molecular weight is 282 g/mol. The average Bonchev–Trinajstić information content (AvgIpc) is 2.38. The lowest BCUT2D eigenvalue weighted by molar-refractivity contribution is -0.118. The molecule has 0 radical (unpaired) electrons. The van der Waals surface area contributed by atoms with Gasteiger partial charge in [-0.3, -0.25) is 4.79 Å². The fourth-order valence-corrected chi connectivity index (χ4v) is 1.87. The molecule has 0 bridgehead atoms. The lowest BCUT2D eigenvalue weighted by Crippen LogP contribution is -2.37. The number of aliphatic hydroxyl groups excluding tert-OH is 1. The molecule has 19 heavy (non-hydrogen) atoms. The fraction of sp³-hybridized carbons (Fsp3) is 0.400. The molecule has 1 aromatic carbocycles. The Labute approximate surface area is 119 Å². The highest BCUT2D eigenvalue weighted by Crippen LogP contribution is 2.19. The Bertz CT molecular complexity index is 454. The predicted octanol–water partition coefficient (Wildman–Crippen LogP) is 3.23. The van der Waals surface area contributed by atoms with E-state index in [1.165, 1.54) is 0 Å². The van der Waals surface area contributed by atoms with Crippen LogP contribution >= 0.6 is 11.6 Å². The van der Waals surface area contributed by atoms with Gasteiger partial charge in [-0.05, 0) is 38.0 Å². The summed E-state index contributed by atoms with van der Waals surface area (Å²) >= 11 is 5.80. The molecule has 1 aromatic rings. The van der Waals surface area contributed by atoms with E-state index in [0.29, 0.717) is 10.6 Å². The Morgan fingerprint density at radius 3 is 2.53 bits per heavy atom. The second kappa shape index (κ2) is 7.31. The van der Waals surface area contributed by atoms with Crippen LogP contribution in [0.25, 0.3) is 0 Å². The molecule has 2 atom stereocenters. The van der Waals surface area contributed by atoms with E-state index in [9.17, 15) is 9.90 Å². The normalized spacial score (nSPS) is 14.9. The van der Waals surface area contributed by atoms with Gasteiger partial charge in [-0.15, -0.1) is 0 Å². The Morgan fingerprint density at radius 1 is 1.42 bits per heavy atom. The quantitative estimate of drug-likeness (QED) is 0.814. The van der Waals surface area contributed by atoms with Crippen molar-refractivity contribution in [1.82, 2.24) is 5.32 Å². The number of nitrogens with one attached hydrogen (secondary N) is 1. The summed E-state index contributed by atoms with van der Waals surface area (Å²) in [5.74, 6) is -0.151. The van der Waals surface area contributed by atoms with Crippen molar-refractivity contribution in [1.29, 1.82) is 0 Å². The van der Waals surface area contributed by atoms with Crippen LogP contribution in [-0.4, -0.2) is 17.1 Å². The van der Waals surface area contributed by atoms with Gasteiger partial charge >= 0.3 is 0 Å². The van der Waals surface area contributed by atoms with E-state index in [1.807, 2.05) is 13.0 Å². The van der Waals surface area contributed by atoms with E-state index in [0.717, 1.165) is 12.0 Å². The Balaban J connectivity index is 2.67. The van der Waals surface area contributed by atoms with Gasteiger partial charge in [0, 0.05) is 10.6 Å². The molecule has 3 nitrogen and oxygen atoms in total. The number of carbonyl (C=O) groups is 1. The van der Waals surface area contributed by atoms with Crippen molar-refractivity contribution in [3.05, 3.63) is 46.5 Å². The molecule has 2 N–H and O–H groups in total. The van der Waals surface area contributed by atoms with Crippen molar-refractivity contribution in [2.45, 2.75) is 39.3 Å². The van der Waals surface area contributed by atoms with Gasteiger partial charge in [-0.25, -0.2) is 0 Å². The van der Waals surface area contributed by atoms with Gasteiger partial charge in [0.1, 0.15) is 0 Å². The lowest BCUT2D eigenvalue weighted by atomic mass is 10.0. The number of hydrogen-bond acceptors (Lipinski definition) is 2. The summed E-state index contributed by atoms with van der Waals surface area (Å²) in [6.45, 7) is 5.51. The number of rotatable bonds is 5. The van der Waals surface area contributed by atoms with Crippen LogP contribution < -0.4 is 5.32 Å². The van der Waals surface area contributed by atoms with Crippen molar-refractivity contribution in [3.63, 3.8) is 0 Å². The van der Waals surface area contributed by atoms with E-state index in [4.69, 9.17) is 11.6 Å². The third kappa shape index (κ3) is 4.69. The van der Waals surface area contributed by atoms with Crippen molar-refractivity contribution in [3.8, 4) is 0 Å². The third-order valence-electron chi connectivity index (χ3n) is 2.91. The smallest absolute Gasteiger partial charge is 0.246 e. The van der Waals surface area contributed by atoms with E-state index >= 15 is 0 Å². The molecule has 2 unspecified atom stereocenters. The minimum atomic E-state index is -0.754. The van der Waals surface area contributed by atoms with Crippen LogP contribution in [0.5, 0.6) is 0 Å². The first-order valence-corrected chi connectivity index (χ1v) is 6.74. The first kappa shape index (κ1) is 15.7. The van der Waals surface area contributed by atoms with Gasteiger partial charge in [0.2, 0.25) is 5.91 Å². The van der Waals surface area contributed by atoms with Gasteiger partial charge in [0.05, 0.1) is 12.1 Å². The monoisotopic (exact) mass is 281 g/mol. The lowest BCUT2D eigenvalue weighted by Gasteiger charge is -2.21. The fourth-order valence-electron chi connectivity index (χ4n) is 1.75. The van der Waals surface area contributed by atoms with Crippen LogP contribution in [0.15, 0.2) is 35.9 Å². The van der Waals surface area contributed by atoms with Crippen LogP contribution in [0, 0.1) is 0 Å². The van der Waals surface area contributed by atoms with Crippen molar-refractivity contribution in [2.24, 2.45) is 0 Å². The van der Waals surface area contributed by atoms with Gasteiger partial charge in [0.25, 0.3) is 0 Å². The third-order valence-corrected chi connectivity index (χ3v) is 3.16. The van der Waals surface area contributed by atoms with Crippen LogP contribution in [-0.2, 0) is 4.79 Å². The van der Waals surface area contributed by atoms with Gasteiger partial charge in [-0.2, -0.15) is 0 Å². The maximum Gasteiger partial charge on any atom is 0.246 e. The number of aliphatic hydroxyl groups is 1. The number of halogens is 1. The molecule has 0 aromatic heterocycles. The Kier molecular flexibility index (Phi) is 6.06. The number of hydrogen-bond donors (Lipinski definition) is 2. The molecule has 0 spiro atoms.